The molecule has 1 fully saturated rings. The van der Waals surface area contributed by atoms with Gasteiger partial charge in [-0.25, -0.2) is 13.4 Å². The molecule has 8 heteroatoms. The van der Waals surface area contributed by atoms with Crippen molar-refractivity contribution in [2.45, 2.75) is 30.8 Å². The van der Waals surface area contributed by atoms with Crippen molar-refractivity contribution < 1.29 is 13.2 Å². The van der Waals surface area contributed by atoms with E-state index in [1.807, 2.05) is 12.1 Å². The second kappa shape index (κ2) is 7.21. The number of pyridine rings is 1. The van der Waals surface area contributed by atoms with Crippen molar-refractivity contribution in [3.63, 3.8) is 0 Å². The predicted octanol–water partition coefficient (Wildman–Crippen LogP) is 2.57. The van der Waals surface area contributed by atoms with Gasteiger partial charge in [-0.15, -0.1) is 0 Å². The van der Waals surface area contributed by atoms with E-state index < -0.39 is 10.0 Å². The lowest BCUT2D eigenvalue weighted by atomic mass is 10.1. The molecule has 0 aliphatic carbocycles. The van der Waals surface area contributed by atoms with Crippen LogP contribution < -0.4 is 4.74 Å². The van der Waals surface area contributed by atoms with E-state index >= 15 is 0 Å². The molecule has 0 unspecified atom stereocenters. The number of rotatable bonds is 4. The van der Waals surface area contributed by atoms with Gasteiger partial charge in [0.25, 0.3) is 0 Å². The number of aryl methyl sites for hydroxylation is 1. The predicted molar refractivity (Wildman–Crippen MR) is 101 cm³/mol. The highest BCUT2D eigenvalue weighted by atomic mass is 32.2. The number of piperidine rings is 1. The lowest BCUT2D eigenvalue weighted by Crippen LogP contribution is -2.41. The third-order valence-corrected chi connectivity index (χ3v) is 6.58. The Morgan fingerprint density at radius 1 is 1.04 bits per heavy atom. The van der Waals surface area contributed by atoms with Crippen molar-refractivity contribution in [1.29, 1.82) is 0 Å². The molecule has 140 valence electrons. The molecule has 2 aromatic heterocycles. The highest BCUT2D eigenvalue weighted by Crippen LogP contribution is 2.27. The first kappa shape index (κ1) is 17.8. The Kier molecular flexibility index (Phi) is 4.75. The fraction of sp³-hybridized carbons (Fsp3) is 0.316. The van der Waals surface area contributed by atoms with Crippen LogP contribution in [0.15, 0.2) is 53.7 Å². The van der Waals surface area contributed by atoms with Crippen LogP contribution in [0.25, 0.3) is 10.9 Å². The van der Waals surface area contributed by atoms with Crippen LogP contribution in [0.1, 0.15) is 18.7 Å². The molecule has 0 amide bonds. The summed E-state index contributed by atoms with van der Waals surface area (Å²) in [4.78, 5) is 12.8. The third-order valence-electron chi connectivity index (χ3n) is 4.65. The van der Waals surface area contributed by atoms with Gasteiger partial charge in [-0.3, -0.25) is 4.98 Å². The number of hydrogen-bond donors (Lipinski definition) is 0. The maximum Gasteiger partial charge on any atom is 0.245 e. The maximum atomic E-state index is 13.1. The number of ether oxygens (including phenoxy) is 1. The average Bonchev–Trinajstić information content (AvgIpc) is 2.68. The molecule has 27 heavy (non-hydrogen) atoms. The molecule has 0 saturated carbocycles. The van der Waals surface area contributed by atoms with Crippen molar-refractivity contribution >= 4 is 20.9 Å². The first-order chi connectivity index (χ1) is 13.0. The van der Waals surface area contributed by atoms with E-state index in [0.29, 0.717) is 43.2 Å². The summed E-state index contributed by atoms with van der Waals surface area (Å²) in [5, 5.41) is 0.816. The van der Waals surface area contributed by atoms with E-state index in [2.05, 4.69) is 15.0 Å². The molecule has 3 heterocycles. The lowest BCUT2D eigenvalue weighted by Gasteiger charge is -2.31. The topological polar surface area (TPSA) is 85.3 Å². The molecule has 0 atom stereocenters. The molecule has 3 aromatic rings. The Morgan fingerprint density at radius 3 is 2.59 bits per heavy atom. The zero-order valence-electron chi connectivity index (χ0n) is 14.9. The molecule has 7 nitrogen and oxygen atoms in total. The molecule has 0 radical (unpaired) electrons. The molecule has 1 aromatic carbocycles. The molecule has 1 aliphatic rings. The molecular formula is C19H20N4O3S. The second-order valence-electron chi connectivity index (χ2n) is 6.49. The normalized spacial score (nSPS) is 16.5. The lowest BCUT2D eigenvalue weighted by molar-refractivity contribution is 0.129. The van der Waals surface area contributed by atoms with E-state index in [9.17, 15) is 8.42 Å². The van der Waals surface area contributed by atoms with E-state index in [1.165, 1.54) is 4.31 Å². The van der Waals surface area contributed by atoms with Gasteiger partial charge in [0.15, 0.2) is 0 Å². The van der Waals surface area contributed by atoms with Crippen LogP contribution in [0.2, 0.25) is 0 Å². The summed E-state index contributed by atoms with van der Waals surface area (Å²) < 4.78 is 33.7. The minimum absolute atomic E-state index is 0.0589. The highest BCUT2D eigenvalue weighted by Gasteiger charge is 2.31. The first-order valence-electron chi connectivity index (χ1n) is 8.84. The quantitative estimate of drug-likeness (QED) is 0.687. The number of fused-ring (bicyclic) bond motifs is 1. The fourth-order valence-corrected chi connectivity index (χ4v) is 4.92. The van der Waals surface area contributed by atoms with Gasteiger partial charge >= 0.3 is 0 Å². The van der Waals surface area contributed by atoms with Crippen LogP contribution in [-0.4, -0.2) is 46.9 Å². The maximum absolute atomic E-state index is 13.1. The molecule has 4 rings (SSSR count). The number of nitrogens with zero attached hydrogens (tertiary/aromatic N) is 4. The van der Waals surface area contributed by atoms with Gasteiger partial charge in [-0.05, 0) is 31.9 Å². The van der Waals surface area contributed by atoms with Gasteiger partial charge in [-0.2, -0.15) is 9.29 Å². The average molecular weight is 384 g/mol. The summed E-state index contributed by atoms with van der Waals surface area (Å²) in [6, 6.07) is 10.6. The highest BCUT2D eigenvalue weighted by molar-refractivity contribution is 7.89. The Labute approximate surface area is 158 Å². The molecule has 1 aliphatic heterocycles. The molecule has 0 bridgehead atoms. The second-order valence-corrected chi connectivity index (χ2v) is 8.40. The van der Waals surface area contributed by atoms with Crippen molar-refractivity contribution in [3.05, 3.63) is 54.6 Å². The summed E-state index contributed by atoms with van der Waals surface area (Å²) in [6.07, 6.45) is 4.44. The summed E-state index contributed by atoms with van der Waals surface area (Å²) in [5.41, 5.74) is 0.509. The Bertz CT molecular complexity index is 1060. The number of hydrogen-bond acceptors (Lipinski definition) is 6. The van der Waals surface area contributed by atoms with Crippen molar-refractivity contribution in [2.75, 3.05) is 13.1 Å². The van der Waals surface area contributed by atoms with Crippen molar-refractivity contribution in [2.24, 2.45) is 0 Å². The summed E-state index contributed by atoms with van der Waals surface area (Å²) in [7, 11) is -3.60. The summed E-state index contributed by atoms with van der Waals surface area (Å²) in [6.45, 7) is 2.61. The van der Waals surface area contributed by atoms with Gasteiger partial charge in [-0.1, -0.05) is 18.2 Å². The molecule has 0 N–H and O–H groups in total. The largest absolute Gasteiger partial charge is 0.474 e. The van der Waals surface area contributed by atoms with Crippen LogP contribution >= 0.6 is 0 Å². The molecule has 0 spiro atoms. The smallest absolute Gasteiger partial charge is 0.245 e. The number of benzene rings is 1. The van der Waals surface area contributed by atoms with E-state index in [0.717, 1.165) is 5.39 Å². The zero-order chi connectivity index (χ0) is 18.9. The minimum atomic E-state index is -3.60. The van der Waals surface area contributed by atoms with Crippen LogP contribution in [0.5, 0.6) is 5.88 Å². The van der Waals surface area contributed by atoms with E-state index in [1.54, 1.807) is 43.6 Å². The monoisotopic (exact) mass is 384 g/mol. The van der Waals surface area contributed by atoms with Gasteiger partial charge < -0.3 is 4.74 Å². The number of aromatic nitrogens is 3. The molecular weight excluding hydrogens is 364 g/mol. The van der Waals surface area contributed by atoms with Crippen LogP contribution in [0.4, 0.5) is 0 Å². The van der Waals surface area contributed by atoms with Crippen LogP contribution in [0.3, 0.4) is 0 Å². The van der Waals surface area contributed by atoms with Gasteiger partial charge in [0.2, 0.25) is 15.9 Å². The Morgan fingerprint density at radius 2 is 1.81 bits per heavy atom. The SMILES string of the molecule is Cc1nccc(OC2CCN(S(=O)(=O)c3cccc4cccnc34)CC2)n1. The van der Waals surface area contributed by atoms with Crippen LogP contribution in [-0.2, 0) is 10.0 Å². The Balaban J connectivity index is 1.50. The summed E-state index contributed by atoms with van der Waals surface area (Å²) >= 11 is 0. The fourth-order valence-electron chi connectivity index (χ4n) is 3.28. The van der Waals surface area contributed by atoms with Gasteiger partial charge in [0, 0.05) is 36.9 Å². The molecule has 1 saturated heterocycles. The third kappa shape index (κ3) is 3.63. The van der Waals surface area contributed by atoms with Gasteiger partial charge in [0.05, 0.1) is 5.52 Å². The standard InChI is InChI=1S/C19H20N4O3S/c1-14-20-11-7-18(22-14)26-16-8-12-23(13-9-16)27(24,25)17-6-2-4-15-5-3-10-21-19(15)17/h2-7,10-11,16H,8-9,12-13H2,1H3. The first-order valence-corrected chi connectivity index (χ1v) is 10.3. The van der Waals surface area contributed by atoms with E-state index in [4.69, 9.17) is 4.74 Å². The van der Waals surface area contributed by atoms with Crippen molar-refractivity contribution in [3.8, 4) is 5.88 Å². The van der Waals surface area contributed by atoms with Gasteiger partial charge in [0.1, 0.15) is 16.8 Å². The Hall–Kier alpha value is -2.58. The number of para-hydroxylation sites is 1. The van der Waals surface area contributed by atoms with Crippen LogP contribution in [0, 0.1) is 6.92 Å². The minimum Gasteiger partial charge on any atom is -0.474 e. The summed E-state index contributed by atoms with van der Waals surface area (Å²) in [5.74, 6) is 1.18. The number of sulfonamides is 1. The van der Waals surface area contributed by atoms with E-state index in [-0.39, 0.29) is 11.0 Å². The van der Waals surface area contributed by atoms with Crippen molar-refractivity contribution in [1.82, 2.24) is 19.3 Å². The zero-order valence-corrected chi connectivity index (χ0v) is 15.8.